The van der Waals surface area contributed by atoms with Gasteiger partial charge in [-0.2, -0.15) is 0 Å². The lowest BCUT2D eigenvalue weighted by molar-refractivity contribution is 0.140. The molecule has 23 heavy (non-hydrogen) atoms. The molecule has 2 atom stereocenters. The second-order valence-electron chi connectivity index (χ2n) is 6.17. The van der Waals surface area contributed by atoms with Crippen LogP contribution in [0.25, 0.3) is 0 Å². The number of nitrogens with zero attached hydrogens (tertiary/aromatic N) is 1. The van der Waals surface area contributed by atoms with E-state index in [9.17, 15) is 5.11 Å². The van der Waals surface area contributed by atoms with Crippen LogP contribution < -0.4 is 0 Å². The maximum atomic E-state index is 9.67. The van der Waals surface area contributed by atoms with Crippen LogP contribution in [-0.4, -0.2) is 29.2 Å². The number of aliphatic hydroxyl groups is 1. The number of hydrogen-bond donors (Lipinski definition) is 1. The van der Waals surface area contributed by atoms with E-state index in [2.05, 4.69) is 47.9 Å². The lowest BCUT2D eigenvalue weighted by Gasteiger charge is -2.29. The Hall–Kier alpha value is -2.08. The Morgan fingerprint density at radius 3 is 2.57 bits per heavy atom. The van der Waals surface area contributed by atoms with Crippen molar-refractivity contribution in [3.05, 3.63) is 71.3 Å². The molecule has 1 heterocycles. The van der Waals surface area contributed by atoms with Crippen LogP contribution in [0.5, 0.6) is 0 Å². The van der Waals surface area contributed by atoms with Crippen molar-refractivity contribution in [2.75, 3.05) is 13.2 Å². The van der Waals surface area contributed by atoms with Crippen molar-refractivity contribution in [3.63, 3.8) is 0 Å². The molecule has 2 nitrogen and oxygen atoms in total. The highest BCUT2D eigenvalue weighted by atomic mass is 16.3. The van der Waals surface area contributed by atoms with Crippen LogP contribution in [0, 0.1) is 18.8 Å². The third-order valence-corrected chi connectivity index (χ3v) is 4.49. The molecule has 1 aliphatic heterocycles. The molecule has 1 saturated heterocycles. The topological polar surface area (TPSA) is 23.5 Å². The van der Waals surface area contributed by atoms with Crippen LogP contribution in [-0.2, 0) is 0 Å². The summed E-state index contributed by atoms with van der Waals surface area (Å²) in [5.74, 6) is 6.75. The van der Waals surface area contributed by atoms with Crippen LogP contribution in [0.4, 0.5) is 0 Å². The van der Waals surface area contributed by atoms with Crippen LogP contribution in [0.3, 0.4) is 0 Å². The van der Waals surface area contributed by atoms with Gasteiger partial charge in [-0.15, -0.1) is 0 Å². The van der Waals surface area contributed by atoms with Gasteiger partial charge in [-0.05, 0) is 37.5 Å². The minimum Gasteiger partial charge on any atom is -0.395 e. The van der Waals surface area contributed by atoms with E-state index in [-0.39, 0.29) is 18.7 Å². The van der Waals surface area contributed by atoms with Gasteiger partial charge in [0.1, 0.15) is 0 Å². The van der Waals surface area contributed by atoms with Gasteiger partial charge < -0.3 is 5.11 Å². The molecule has 0 spiro atoms. The quantitative estimate of drug-likeness (QED) is 0.877. The lowest BCUT2D eigenvalue weighted by atomic mass is 10.0. The molecule has 1 aliphatic rings. The molecular formula is C21H23NO. The molecule has 0 aliphatic carbocycles. The van der Waals surface area contributed by atoms with E-state index in [4.69, 9.17) is 0 Å². The SMILES string of the molecule is Cc1ccc([C@@H](C#Cc2ccccc2)N2CCC[C@H]2CO)cc1. The molecule has 0 saturated carbocycles. The highest BCUT2D eigenvalue weighted by Gasteiger charge is 2.30. The van der Waals surface area contributed by atoms with E-state index in [1.165, 1.54) is 11.1 Å². The van der Waals surface area contributed by atoms with E-state index >= 15 is 0 Å². The van der Waals surface area contributed by atoms with Gasteiger partial charge in [-0.25, -0.2) is 0 Å². The molecule has 0 amide bonds. The van der Waals surface area contributed by atoms with E-state index < -0.39 is 0 Å². The maximum absolute atomic E-state index is 9.67. The van der Waals surface area contributed by atoms with Crippen molar-refractivity contribution in [2.24, 2.45) is 0 Å². The van der Waals surface area contributed by atoms with Gasteiger partial charge in [0.25, 0.3) is 0 Å². The largest absolute Gasteiger partial charge is 0.395 e. The Morgan fingerprint density at radius 2 is 1.87 bits per heavy atom. The summed E-state index contributed by atoms with van der Waals surface area (Å²) in [5.41, 5.74) is 3.49. The van der Waals surface area contributed by atoms with Crippen molar-refractivity contribution in [3.8, 4) is 11.8 Å². The molecule has 1 N–H and O–H groups in total. The Balaban J connectivity index is 1.93. The predicted octanol–water partition coefficient (Wildman–Crippen LogP) is 3.54. The minimum absolute atomic E-state index is 0.0375. The average molecular weight is 305 g/mol. The predicted molar refractivity (Wildman–Crippen MR) is 94.1 cm³/mol. The number of aliphatic hydroxyl groups excluding tert-OH is 1. The van der Waals surface area contributed by atoms with E-state index in [1.807, 2.05) is 30.3 Å². The number of likely N-dealkylation sites (tertiary alicyclic amines) is 1. The normalized spacial score (nSPS) is 19.1. The zero-order valence-corrected chi connectivity index (χ0v) is 13.6. The van der Waals surface area contributed by atoms with Gasteiger partial charge in [-0.3, -0.25) is 4.90 Å². The summed E-state index contributed by atoms with van der Waals surface area (Å²) in [7, 11) is 0. The molecule has 0 radical (unpaired) electrons. The molecule has 0 aromatic heterocycles. The fraction of sp³-hybridized carbons (Fsp3) is 0.333. The standard InChI is InChI=1S/C21H23NO/c1-17-9-12-19(13-10-17)21(22-15-5-8-20(22)16-23)14-11-18-6-3-2-4-7-18/h2-4,6-7,9-10,12-13,20-21,23H,5,8,15-16H2,1H3/t20-,21+/m0/s1. The summed E-state index contributed by atoms with van der Waals surface area (Å²) < 4.78 is 0. The monoisotopic (exact) mass is 305 g/mol. The molecular weight excluding hydrogens is 282 g/mol. The van der Waals surface area contributed by atoms with Crippen molar-refractivity contribution >= 4 is 0 Å². The van der Waals surface area contributed by atoms with Gasteiger partial charge in [0, 0.05) is 18.2 Å². The molecule has 2 heteroatoms. The zero-order valence-electron chi connectivity index (χ0n) is 13.6. The van der Waals surface area contributed by atoms with Crippen LogP contribution >= 0.6 is 0 Å². The summed E-state index contributed by atoms with van der Waals surface area (Å²) in [6.07, 6.45) is 2.17. The van der Waals surface area contributed by atoms with Crippen molar-refractivity contribution in [1.82, 2.24) is 4.90 Å². The third-order valence-electron chi connectivity index (χ3n) is 4.49. The highest BCUT2D eigenvalue weighted by molar-refractivity contribution is 5.38. The fourth-order valence-electron chi connectivity index (χ4n) is 3.17. The average Bonchev–Trinajstić information content (AvgIpc) is 3.06. The summed E-state index contributed by atoms with van der Waals surface area (Å²) in [6, 6.07) is 18.9. The number of benzene rings is 2. The Morgan fingerprint density at radius 1 is 1.13 bits per heavy atom. The van der Waals surface area contributed by atoms with Gasteiger partial charge in [0.15, 0.2) is 0 Å². The number of hydrogen-bond acceptors (Lipinski definition) is 2. The van der Waals surface area contributed by atoms with Gasteiger partial charge >= 0.3 is 0 Å². The summed E-state index contributed by atoms with van der Waals surface area (Å²) in [5, 5.41) is 9.67. The van der Waals surface area contributed by atoms with E-state index in [1.54, 1.807) is 0 Å². The summed E-state index contributed by atoms with van der Waals surface area (Å²) >= 11 is 0. The smallest absolute Gasteiger partial charge is 0.0977 e. The fourth-order valence-corrected chi connectivity index (χ4v) is 3.17. The number of rotatable bonds is 3. The van der Waals surface area contributed by atoms with E-state index in [0.29, 0.717) is 0 Å². The van der Waals surface area contributed by atoms with Gasteiger partial charge in [0.2, 0.25) is 0 Å². The van der Waals surface area contributed by atoms with Crippen LogP contribution in [0.2, 0.25) is 0 Å². The van der Waals surface area contributed by atoms with Crippen molar-refractivity contribution in [1.29, 1.82) is 0 Å². The second-order valence-corrected chi connectivity index (χ2v) is 6.17. The molecule has 2 aromatic rings. The first-order valence-corrected chi connectivity index (χ1v) is 8.27. The Kier molecular flexibility index (Phi) is 5.12. The van der Waals surface area contributed by atoms with Crippen LogP contribution in [0.15, 0.2) is 54.6 Å². The molecule has 3 rings (SSSR count). The summed E-state index contributed by atoms with van der Waals surface area (Å²) in [6.45, 7) is 3.30. The van der Waals surface area contributed by atoms with Gasteiger partial charge in [-0.1, -0.05) is 59.9 Å². The highest BCUT2D eigenvalue weighted by Crippen LogP contribution is 2.29. The van der Waals surface area contributed by atoms with Crippen LogP contribution in [0.1, 0.15) is 35.6 Å². The second kappa shape index (κ2) is 7.46. The van der Waals surface area contributed by atoms with Crippen molar-refractivity contribution in [2.45, 2.75) is 31.8 Å². The molecule has 0 bridgehead atoms. The Bertz CT molecular complexity index is 681. The van der Waals surface area contributed by atoms with Crippen molar-refractivity contribution < 1.29 is 5.11 Å². The lowest BCUT2D eigenvalue weighted by Crippen LogP contribution is -2.35. The summed E-state index contributed by atoms with van der Waals surface area (Å²) in [4.78, 5) is 2.35. The number of aryl methyl sites for hydroxylation is 1. The molecule has 118 valence electrons. The third kappa shape index (κ3) is 3.82. The first-order valence-electron chi connectivity index (χ1n) is 8.27. The molecule has 1 fully saturated rings. The Labute approximate surface area is 138 Å². The molecule has 2 aromatic carbocycles. The van der Waals surface area contributed by atoms with Gasteiger partial charge in [0.05, 0.1) is 12.6 Å². The maximum Gasteiger partial charge on any atom is 0.0977 e. The van der Waals surface area contributed by atoms with E-state index in [0.717, 1.165) is 24.9 Å². The molecule has 0 unspecified atom stereocenters. The first-order chi connectivity index (χ1) is 11.3. The first kappa shape index (κ1) is 15.8. The zero-order chi connectivity index (χ0) is 16.1. The minimum atomic E-state index is 0.0375.